The highest BCUT2D eigenvalue weighted by Crippen LogP contribution is 2.34. The number of nitrogens with zero attached hydrogens (tertiary/aromatic N) is 2. The van der Waals surface area contributed by atoms with Gasteiger partial charge in [0.2, 0.25) is 0 Å². The van der Waals surface area contributed by atoms with Gasteiger partial charge in [-0.25, -0.2) is 0 Å². The van der Waals surface area contributed by atoms with Gasteiger partial charge in [-0.05, 0) is 24.1 Å². The zero-order chi connectivity index (χ0) is 17.8. The number of benzene rings is 2. The summed E-state index contributed by atoms with van der Waals surface area (Å²) < 4.78 is 11.3. The molecule has 0 aliphatic carbocycles. The SMILES string of the molecule is O=C(c1cccc2c1OCCO2)N1CCN(CCc2ccccc2)CC1. The monoisotopic (exact) mass is 352 g/mol. The molecule has 0 N–H and O–H groups in total. The lowest BCUT2D eigenvalue weighted by molar-refractivity contribution is 0.0629. The second-order valence-corrected chi connectivity index (χ2v) is 6.70. The molecule has 0 radical (unpaired) electrons. The van der Waals surface area contributed by atoms with Crippen molar-refractivity contribution in [1.82, 2.24) is 9.80 Å². The summed E-state index contributed by atoms with van der Waals surface area (Å²) >= 11 is 0. The largest absolute Gasteiger partial charge is 0.486 e. The number of rotatable bonds is 4. The van der Waals surface area contributed by atoms with Gasteiger partial charge in [-0.15, -0.1) is 0 Å². The zero-order valence-electron chi connectivity index (χ0n) is 14.9. The third-order valence-corrected chi connectivity index (χ3v) is 5.02. The molecule has 1 saturated heterocycles. The average Bonchev–Trinajstić information content (AvgIpc) is 2.72. The fourth-order valence-corrected chi connectivity index (χ4v) is 3.52. The lowest BCUT2D eigenvalue weighted by Crippen LogP contribution is -2.49. The Hall–Kier alpha value is -2.53. The van der Waals surface area contributed by atoms with Gasteiger partial charge >= 0.3 is 0 Å². The number of piperazine rings is 1. The van der Waals surface area contributed by atoms with Crippen LogP contribution in [0.3, 0.4) is 0 Å². The number of fused-ring (bicyclic) bond motifs is 1. The average molecular weight is 352 g/mol. The Bertz CT molecular complexity index is 755. The normalized spacial score (nSPS) is 17.2. The van der Waals surface area contributed by atoms with E-state index in [2.05, 4.69) is 29.2 Å². The van der Waals surface area contributed by atoms with Crippen molar-refractivity contribution in [3.05, 3.63) is 59.7 Å². The minimum Gasteiger partial charge on any atom is -0.486 e. The van der Waals surface area contributed by atoms with Gasteiger partial charge in [-0.2, -0.15) is 0 Å². The van der Waals surface area contributed by atoms with E-state index in [0.717, 1.165) is 39.1 Å². The Kier molecular flexibility index (Phi) is 5.07. The van der Waals surface area contributed by atoms with Crippen molar-refractivity contribution in [3.63, 3.8) is 0 Å². The molecule has 2 aromatic carbocycles. The van der Waals surface area contributed by atoms with Crippen molar-refractivity contribution in [1.29, 1.82) is 0 Å². The Morgan fingerprint density at radius 3 is 2.46 bits per heavy atom. The summed E-state index contributed by atoms with van der Waals surface area (Å²) in [5.41, 5.74) is 1.97. The maximum Gasteiger partial charge on any atom is 0.257 e. The third-order valence-electron chi connectivity index (χ3n) is 5.02. The van der Waals surface area contributed by atoms with Crippen molar-refractivity contribution in [3.8, 4) is 11.5 Å². The summed E-state index contributed by atoms with van der Waals surface area (Å²) in [4.78, 5) is 17.3. The van der Waals surface area contributed by atoms with Crippen LogP contribution in [0.1, 0.15) is 15.9 Å². The lowest BCUT2D eigenvalue weighted by atomic mass is 10.1. The second-order valence-electron chi connectivity index (χ2n) is 6.70. The topological polar surface area (TPSA) is 42.0 Å². The number of para-hydroxylation sites is 1. The van der Waals surface area contributed by atoms with Crippen molar-refractivity contribution in [2.75, 3.05) is 45.9 Å². The van der Waals surface area contributed by atoms with Crippen LogP contribution in [0.2, 0.25) is 0 Å². The summed E-state index contributed by atoms with van der Waals surface area (Å²) in [5.74, 6) is 1.30. The van der Waals surface area contributed by atoms with Gasteiger partial charge in [0.1, 0.15) is 13.2 Å². The molecule has 2 heterocycles. The van der Waals surface area contributed by atoms with E-state index in [-0.39, 0.29) is 5.91 Å². The fraction of sp³-hybridized carbons (Fsp3) is 0.381. The first kappa shape index (κ1) is 16.9. The molecular weight excluding hydrogens is 328 g/mol. The summed E-state index contributed by atoms with van der Waals surface area (Å²) in [6.45, 7) is 5.37. The van der Waals surface area contributed by atoms with Gasteiger partial charge < -0.3 is 14.4 Å². The first-order chi connectivity index (χ1) is 12.8. The van der Waals surface area contributed by atoms with Gasteiger partial charge in [-0.3, -0.25) is 9.69 Å². The maximum atomic E-state index is 12.9. The van der Waals surface area contributed by atoms with Crippen LogP contribution in [-0.2, 0) is 6.42 Å². The third kappa shape index (κ3) is 3.68. The molecule has 1 fully saturated rings. The van der Waals surface area contributed by atoms with Crippen molar-refractivity contribution < 1.29 is 14.3 Å². The zero-order valence-corrected chi connectivity index (χ0v) is 14.9. The van der Waals surface area contributed by atoms with Crippen LogP contribution in [0.4, 0.5) is 0 Å². The van der Waals surface area contributed by atoms with Crippen molar-refractivity contribution >= 4 is 5.91 Å². The molecule has 5 nitrogen and oxygen atoms in total. The molecule has 5 heteroatoms. The molecule has 0 unspecified atom stereocenters. The molecule has 0 saturated carbocycles. The van der Waals surface area contributed by atoms with E-state index < -0.39 is 0 Å². The highest BCUT2D eigenvalue weighted by molar-refractivity contribution is 5.98. The van der Waals surface area contributed by atoms with Crippen LogP contribution in [0.25, 0.3) is 0 Å². The highest BCUT2D eigenvalue weighted by atomic mass is 16.6. The predicted molar refractivity (Wildman–Crippen MR) is 99.9 cm³/mol. The quantitative estimate of drug-likeness (QED) is 0.848. The molecule has 0 aromatic heterocycles. The van der Waals surface area contributed by atoms with Crippen molar-refractivity contribution in [2.45, 2.75) is 6.42 Å². The second kappa shape index (κ2) is 7.79. The van der Waals surface area contributed by atoms with E-state index in [1.807, 2.05) is 29.2 Å². The molecule has 0 bridgehead atoms. The summed E-state index contributed by atoms with van der Waals surface area (Å²) in [5, 5.41) is 0. The smallest absolute Gasteiger partial charge is 0.257 e. The van der Waals surface area contributed by atoms with Gasteiger partial charge in [0, 0.05) is 32.7 Å². The summed E-state index contributed by atoms with van der Waals surface area (Å²) in [7, 11) is 0. The van der Waals surface area contributed by atoms with Crippen LogP contribution in [0.5, 0.6) is 11.5 Å². The van der Waals surface area contributed by atoms with Crippen molar-refractivity contribution in [2.24, 2.45) is 0 Å². The van der Waals surface area contributed by atoms with E-state index in [1.54, 1.807) is 0 Å². The molecule has 26 heavy (non-hydrogen) atoms. The van der Waals surface area contributed by atoms with Crippen LogP contribution >= 0.6 is 0 Å². The Balaban J connectivity index is 1.34. The van der Waals surface area contributed by atoms with Gasteiger partial charge in [0.25, 0.3) is 5.91 Å². The number of carbonyl (C=O) groups excluding carboxylic acids is 1. The molecule has 2 aliphatic rings. The molecule has 1 amide bonds. The molecule has 2 aliphatic heterocycles. The Labute approximate surface area is 154 Å². The molecule has 0 atom stereocenters. The standard InChI is InChI=1S/C21H24N2O3/c24-21(18-7-4-8-19-20(18)26-16-15-25-19)23-13-11-22(12-14-23)10-9-17-5-2-1-3-6-17/h1-8H,9-16H2. The number of hydrogen-bond donors (Lipinski definition) is 0. The Morgan fingerprint density at radius 2 is 1.65 bits per heavy atom. The minimum atomic E-state index is 0.0371. The number of carbonyl (C=O) groups is 1. The van der Waals surface area contributed by atoms with Gasteiger partial charge in [0.15, 0.2) is 11.5 Å². The summed E-state index contributed by atoms with van der Waals surface area (Å²) in [6, 6.07) is 16.1. The number of amides is 1. The lowest BCUT2D eigenvalue weighted by Gasteiger charge is -2.35. The first-order valence-electron chi connectivity index (χ1n) is 9.25. The number of hydrogen-bond acceptors (Lipinski definition) is 4. The van der Waals surface area contributed by atoms with Crippen LogP contribution in [0.15, 0.2) is 48.5 Å². The van der Waals surface area contributed by atoms with E-state index in [0.29, 0.717) is 30.3 Å². The Morgan fingerprint density at radius 1 is 0.885 bits per heavy atom. The molecule has 4 rings (SSSR count). The van der Waals surface area contributed by atoms with Gasteiger partial charge in [0.05, 0.1) is 5.56 Å². The van der Waals surface area contributed by atoms with E-state index in [9.17, 15) is 4.79 Å². The summed E-state index contributed by atoms with van der Waals surface area (Å²) in [6.07, 6.45) is 1.05. The van der Waals surface area contributed by atoms with E-state index >= 15 is 0 Å². The fourth-order valence-electron chi connectivity index (χ4n) is 3.52. The van der Waals surface area contributed by atoms with Crippen LogP contribution in [-0.4, -0.2) is 61.6 Å². The minimum absolute atomic E-state index is 0.0371. The van der Waals surface area contributed by atoms with E-state index in [1.165, 1.54) is 5.56 Å². The molecule has 2 aromatic rings. The number of ether oxygens (including phenoxy) is 2. The first-order valence-corrected chi connectivity index (χ1v) is 9.25. The van der Waals surface area contributed by atoms with Gasteiger partial charge in [-0.1, -0.05) is 36.4 Å². The molecule has 136 valence electrons. The molecule has 0 spiro atoms. The van der Waals surface area contributed by atoms with Crippen LogP contribution in [0, 0.1) is 0 Å². The predicted octanol–water partition coefficient (Wildman–Crippen LogP) is 2.46. The highest BCUT2D eigenvalue weighted by Gasteiger charge is 2.26. The maximum absolute atomic E-state index is 12.9. The molecular formula is C21H24N2O3. The van der Waals surface area contributed by atoms with E-state index in [4.69, 9.17) is 9.47 Å². The van der Waals surface area contributed by atoms with Crippen LogP contribution < -0.4 is 9.47 Å².